The Morgan fingerprint density at radius 1 is 1.22 bits per heavy atom. The SMILES string of the molecule is CC(C)C[C@H](NC(=O)CNS(=O)(=O)c1ccc(Br)cc1)C(N)=O. The zero-order valence-electron chi connectivity index (χ0n) is 12.9. The lowest BCUT2D eigenvalue weighted by Gasteiger charge is -2.17. The van der Waals surface area contributed by atoms with E-state index in [9.17, 15) is 18.0 Å². The van der Waals surface area contributed by atoms with Gasteiger partial charge < -0.3 is 11.1 Å². The molecule has 2 amide bonds. The first-order valence-electron chi connectivity index (χ1n) is 6.95. The number of rotatable bonds is 8. The molecule has 0 saturated carbocycles. The standard InChI is InChI=1S/C14H20BrN3O4S/c1-9(2)7-12(14(16)20)18-13(19)8-17-23(21,22)11-5-3-10(15)4-6-11/h3-6,9,12,17H,7-8H2,1-2H3,(H2,16,20)(H,18,19)/t12-/m0/s1. The Labute approximate surface area is 144 Å². The van der Waals surface area contributed by atoms with Crippen LogP contribution in [0, 0.1) is 5.92 Å². The van der Waals surface area contributed by atoms with Crippen LogP contribution >= 0.6 is 15.9 Å². The van der Waals surface area contributed by atoms with Crippen molar-refractivity contribution in [2.24, 2.45) is 11.7 Å². The highest BCUT2D eigenvalue weighted by molar-refractivity contribution is 9.10. The highest BCUT2D eigenvalue weighted by Gasteiger charge is 2.21. The Morgan fingerprint density at radius 3 is 2.26 bits per heavy atom. The van der Waals surface area contributed by atoms with E-state index in [0.717, 1.165) is 4.47 Å². The second kappa shape index (κ2) is 8.42. The third-order valence-electron chi connectivity index (χ3n) is 2.93. The van der Waals surface area contributed by atoms with Crippen molar-refractivity contribution in [2.75, 3.05) is 6.54 Å². The second-order valence-corrected chi connectivity index (χ2v) is 8.11. The molecule has 1 atom stereocenters. The van der Waals surface area contributed by atoms with Crippen molar-refractivity contribution < 1.29 is 18.0 Å². The third kappa shape index (κ3) is 6.67. The fourth-order valence-electron chi connectivity index (χ4n) is 1.82. The largest absolute Gasteiger partial charge is 0.368 e. The lowest BCUT2D eigenvalue weighted by Crippen LogP contribution is -2.48. The van der Waals surface area contributed by atoms with Crippen molar-refractivity contribution >= 4 is 37.8 Å². The number of nitrogens with one attached hydrogen (secondary N) is 2. The van der Waals surface area contributed by atoms with E-state index in [1.54, 1.807) is 12.1 Å². The Balaban J connectivity index is 2.64. The van der Waals surface area contributed by atoms with Gasteiger partial charge in [-0.15, -0.1) is 0 Å². The van der Waals surface area contributed by atoms with Crippen LogP contribution in [0.25, 0.3) is 0 Å². The maximum Gasteiger partial charge on any atom is 0.241 e. The van der Waals surface area contributed by atoms with Gasteiger partial charge in [0.25, 0.3) is 0 Å². The van der Waals surface area contributed by atoms with Crippen LogP contribution in [0.3, 0.4) is 0 Å². The number of hydrogen-bond donors (Lipinski definition) is 3. The van der Waals surface area contributed by atoms with Crippen LogP contribution in [0.15, 0.2) is 33.6 Å². The van der Waals surface area contributed by atoms with Gasteiger partial charge in [0.15, 0.2) is 0 Å². The lowest BCUT2D eigenvalue weighted by molar-refractivity contribution is -0.127. The number of carbonyl (C=O) groups is 2. The van der Waals surface area contributed by atoms with Crippen LogP contribution in [0.2, 0.25) is 0 Å². The molecule has 0 aliphatic heterocycles. The van der Waals surface area contributed by atoms with E-state index < -0.39 is 34.4 Å². The van der Waals surface area contributed by atoms with Crippen LogP contribution in [0.4, 0.5) is 0 Å². The van der Waals surface area contributed by atoms with Gasteiger partial charge in [-0.2, -0.15) is 0 Å². The van der Waals surface area contributed by atoms with Gasteiger partial charge in [0.05, 0.1) is 11.4 Å². The van der Waals surface area contributed by atoms with E-state index in [4.69, 9.17) is 5.73 Å². The van der Waals surface area contributed by atoms with Gasteiger partial charge in [0.2, 0.25) is 21.8 Å². The highest BCUT2D eigenvalue weighted by atomic mass is 79.9. The quantitative estimate of drug-likeness (QED) is 0.590. The average molecular weight is 406 g/mol. The molecule has 9 heteroatoms. The van der Waals surface area contributed by atoms with E-state index in [0.29, 0.717) is 6.42 Å². The molecule has 128 valence electrons. The number of primary amides is 1. The lowest BCUT2D eigenvalue weighted by atomic mass is 10.0. The predicted octanol–water partition coefficient (Wildman–Crippen LogP) is 0.744. The third-order valence-corrected chi connectivity index (χ3v) is 4.88. The van der Waals surface area contributed by atoms with Crippen molar-refractivity contribution in [3.05, 3.63) is 28.7 Å². The number of hydrogen-bond acceptors (Lipinski definition) is 4. The van der Waals surface area contributed by atoms with Gasteiger partial charge in [-0.05, 0) is 36.6 Å². The topological polar surface area (TPSA) is 118 Å². The number of carbonyl (C=O) groups excluding carboxylic acids is 2. The molecule has 0 aliphatic carbocycles. The predicted molar refractivity (Wildman–Crippen MR) is 89.9 cm³/mol. The Bertz CT molecular complexity index is 659. The molecule has 0 spiro atoms. The summed E-state index contributed by atoms with van der Waals surface area (Å²) in [6.45, 7) is 3.30. The van der Waals surface area contributed by atoms with E-state index in [-0.39, 0.29) is 10.8 Å². The Hall–Kier alpha value is -1.45. The summed E-state index contributed by atoms with van der Waals surface area (Å²) in [6.07, 6.45) is 0.389. The minimum Gasteiger partial charge on any atom is -0.368 e. The van der Waals surface area contributed by atoms with Crippen molar-refractivity contribution in [3.63, 3.8) is 0 Å². The van der Waals surface area contributed by atoms with Crippen molar-refractivity contribution in [1.29, 1.82) is 0 Å². The van der Waals surface area contributed by atoms with Crippen LogP contribution < -0.4 is 15.8 Å². The maximum absolute atomic E-state index is 12.0. The molecule has 0 aliphatic rings. The molecule has 7 nitrogen and oxygen atoms in total. The van der Waals surface area contributed by atoms with Crippen LogP contribution in [0.1, 0.15) is 20.3 Å². The summed E-state index contributed by atoms with van der Waals surface area (Å²) < 4.78 is 27.0. The first-order chi connectivity index (χ1) is 10.6. The zero-order valence-corrected chi connectivity index (χ0v) is 15.3. The molecule has 0 unspecified atom stereocenters. The summed E-state index contributed by atoms with van der Waals surface area (Å²) in [5, 5.41) is 2.43. The minimum absolute atomic E-state index is 0.0436. The smallest absolute Gasteiger partial charge is 0.241 e. The molecular weight excluding hydrogens is 386 g/mol. The summed E-state index contributed by atoms with van der Waals surface area (Å²) in [7, 11) is -3.80. The summed E-state index contributed by atoms with van der Waals surface area (Å²) in [5.41, 5.74) is 5.22. The van der Waals surface area contributed by atoms with E-state index >= 15 is 0 Å². The molecule has 4 N–H and O–H groups in total. The molecular formula is C14H20BrN3O4S. The summed E-state index contributed by atoms with van der Waals surface area (Å²) >= 11 is 3.21. The minimum atomic E-state index is -3.80. The molecule has 23 heavy (non-hydrogen) atoms. The Morgan fingerprint density at radius 2 is 1.78 bits per heavy atom. The fourth-order valence-corrected chi connectivity index (χ4v) is 3.07. The molecule has 0 aromatic heterocycles. The second-order valence-electron chi connectivity index (χ2n) is 5.43. The molecule has 0 bridgehead atoms. The summed E-state index contributed by atoms with van der Waals surface area (Å²) in [4.78, 5) is 23.2. The molecule has 0 saturated heterocycles. The summed E-state index contributed by atoms with van der Waals surface area (Å²) in [5.74, 6) is -1.11. The summed E-state index contributed by atoms with van der Waals surface area (Å²) in [6, 6.07) is 5.17. The molecule has 1 aromatic carbocycles. The molecule has 1 rings (SSSR count). The van der Waals surface area contributed by atoms with Gasteiger partial charge in [0.1, 0.15) is 6.04 Å². The molecule has 0 radical (unpaired) electrons. The van der Waals surface area contributed by atoms with E-state index in [2.05, 4.69) is 26.0 Å². The van der Waals surface area contributed by atoms with Crippen molar-refractivity contribution in [2.45, 2.75) is 31.2 Å². The van der Waals surface area contributed by atoms with Gasteiger partial charge in [0, 0.05) is 4.47 Å². The van der Waals surface area contributed by atoms with Gasteiger partial charge >= 0.3 is 0 Å². The van der Waals surface area contributed by atoms with Gasteiger partial charge in [-0.25, -0.2) is 13.1 Å². The zero-order chi connectivity index (χ0) is 17.6. The highest BCUT2D eigenvalue weighted by Crippen LogP contribution is 2.14. The van der Waals surface area contributed by atoms with Crippen LogP contribution in [-0.2, 0) is 19.6 Å². The molecule has 0 heterocycles. The first-order valence-corrected chi connectivity index (χ1v) is 9.23. The van der Waals surface area contributed by atoms with Crippen molar-refractivity contribution in [3.8, 4) is 0 Å². The number of sulfonamides is 1. The maximum atomic E-state index is 12.0. The van der Waals surface area contributed by atoms with E-state index in [1.165, 1.54) is 12.1 Å². The normalized spacial score (nSPS) is 12.9. The number of amides is 2. The number of halogens is 1. The van der Waals surface area contributed by atoms with Gasteiger partial charge in [-0.1, -0.05) is 29.8 Å². The average Bonchev–Trinajstić information content (AvgIpc) is 2.44. The molecule has 0 fully saturated rings. The number of nitrogens with two attached hydrogens (primary N) is 1. The Kier molecular flexibility index (Phi) is 7.17. The monoisotopic (exact) mass is 405 g/mol. The number of benzene rings is 1. The van der Waals surface area contributed by atoms with Crippen molar-refractivity contribution in [1.82, 2.24) is 10.0 Å². The van der Waals surface area contributed by atoms with Crippen LogP contribution in [-0.4, -0.2) is 32.8 Å². The van der Waals surface area contributed by atoms with Crippen LogP contribution in [0.5, 0.6) is 0 Å². The molecule has 1 aromatic rings. The van der Waals surface area contributed by atoms with Gasteiger partial charge in [-0.3, -0.25) is 9.59 Å². The van der Waals surface area contributed by atoms with E-state index in [1.807, 2.05) is 13.8 Å². The fraction of sp³-hybridized carbons (Fsp3) is 0.429. The first kappa shape index (κ1) is 19.6.